The molecule has 0 saturated carbocycles. The standard InChI is InChI=1S/C12H16N2O3/c1-12(2,3)11(17)14-7-8-4-5-9(10(15)16)13-6-8/h4-6H,7H2,1-3H3,(H,14,17)(H,15,16). The number of nitrogens with zero attached hydrogens (tertiary/aromatic N) is 1. The Morgan fingerprint density at radius 2 is 2.00 bits per heavy atom. The average Bonchev–Trinajstić information content (AvgIpc) is 2.25. The molecule has 0 unspecified atom stereocenters. The molecule has 0 aliphatic carbocycles. The fraction of sp³-hybridized carbons (Fsp3) is 0.417. The van der Waals surface area contributed by atoms with Crippen LogP contribution in [0, 0.1) is 5.41 Å². The normalized spacial score (nSPS) is 11.0. The molecular weight excluding hydrogens is 220 g/mol. The first-order valence-corrected chi connectivity index (χ1v) is 5.27. The van der Waals surface area contributed by atoms with Gasteiger partial charge in [-0.1, -0.05) is 26.8 Å². The maximum atomic E-state index is 11.6. The zero-order valence-electron chi connectivity index (χ0n) is 10.2. The van der Waals surface area contributed by atoms with E-state index in [0.717, 1.165) is 5.56 Å². The van der Waals surface area contributed by atoms with E-state index in [9.17, 15) is 9.59 Å². The molecule has 0 aromatic carbocycles. The number of hydrogen-bond donors (Lipinski definition) is 2. The van der Waals surface area contributed by atoms with Crippen molar-refractivity contribution < 1.29 is 14.7 Å². The van der Waals surface area contributed by atoms with Gasteiger partial charge in [-0.05, 0) is 11.6 Å². The van der Waals surface area contributed by atoms with Crippen LogP contribution in [0.1, 0.15) is 36.8 Å². The first-order chi connectivity index (χ1) is 7.80. The molecule has 1 aromatic heterocycles. The van der Waals surface area contributed by atoms with Crippen LogP contribution in [0.25, 0.3) is 0 Å². The number of hydrogen-bond acceptors (Lipinski definition) is 3. The zero-order chi connectivity index (χ0) is 13.1. The lowest BCUT2D eigenvalue weighted by Crippen LogP contribution is -2.34. The van der Waals surface area contributed by atoms with Crippen LogP contribution in [0.5, 0.6) is 0 Å². The van der Waals surface area contributed by atoms with Crippen LogP contribution in [0.15, 0.2) is 18.3 Å². The molecule has 0 fully saturated rings. The summed E-state index contributed by atoms with van der Waals surface area (Å²) in [6, 6.07) is 3.06. The molecule has 0 aliphatic rings. The Morgan fingerprint density at radius 3 is 2.41 bits per heavy atom. The maximum Gasteiger partial charge on any atom is 0.354 e. The second-order valence-electron chi connectivity index (χ2n) is 4.79. The fourth-order valence-corrected chi connectivity index (χ4v) is 1.10. The first-order valence-electron chi connectivity index (χ1n) is 5.27. The van der Waals surface area contributed by atoms with E-state index in [0.29, 0.717) is 6.54 Å². The summed E-state index contributed by atoms with van der Waals surface area (Å²) in [7, 11) is 0. The Hall–Kier alpha value is -1.91. The summed E-state index contributed by atoms with van der Waals surface area (Å²) in [5.41, 5.74) is 0.331. The smallest absolute Gasteiger partial charge is 0.354 e. The summed E-state index contributed by atoms with van der Waals surface area (Å²) in [6.45, 7) is 5.83. The minimum atomic E-state index is -1.06. The summed E-state index contributed by atoms with van der Waals surface area (Å²) in [4.78, 5) is 25.9. The largest absolute Gasteiger partial charge is 0.477 e. The molecule has 92 valence electrons. The highest BCUT2D eigenvalue weighted by Gasteiger charge is 2.20. The lowest BCUT2D eigenvalue weighted by molar-refractivity contribution is -0.128. The molecule has 5 heteroatoms. The van der Waals surface area contributed by atoms with E-state index in [1.807, 2.05) is 20.8 Å². The Kier molecular flexibility index (Phi) is 3.83. The van der Waals surface area contributed by atoms with E-state index in [4.69, 9.17) is 5.11 Å². The molecular formula is C12H16N2O3. The predicted molar refractivity (Wildman–Crippen MR) is 62.5 cm³/mol. The van der Waals surface area contributed by atoms with Crippen molar-refractivity contribution in [3.63, 3.8) is 0 Å². The minimum Gasteiger partial charge on any atom is -0.477 e. The summed E-state index contributed by atoms with van der Waals surface area (Å²) in [6.07, 6.45) is 1.45. The van der Waals surface area contributed by atoms with Crippen LogP contribution in [-0.4, -0.2) is 22.0 Å². The number of carboxylic acids is 1. The van der Waals surface area contributed by atoms with E-state index in [2.05, 4.69) is 10.3 Å². The quantitative estimate of drug-likeness (QED) is 0.832. The molecule has 5 nitrogen and oxygen atoms in total. The number of carboxylic acid groups (broad SMARTS) is 1. The van der Waals surface area contributed by atoms with E-state index < -0.39 is 11.4 Å². The zero-order valence-corrected chi connectivity index (χ0v) is 10.2. The number of pyridine rings is 1. The molecule has 1 aromatic rings. The highest BCUT2D eigenvalue weighted by atomic mass is 16.4. The highest BCUT2D eigenvalue weighted by molar-refractivity contribution is 5.85. The van der Waals surface area contributed by atoms with Crippen molar-refractivity contribution in [3.8, 4) is 0 Å². The van der Waals surface area contributed by atoms with Crippen LogP contribution in [0.3, 0.4) is 0 Å². The molecule has 0 radical (unpaired) electrons. The van der Waals surface area contributed by atoms with Gasteiger partial charge < -0.3 is 10.4 Å². The van der Waals surface area contributed by atoms with Gasteiger partial charge in [0.1, 0.15) is 5.69 Å². The maximum absolute atomic E-state index is 11.6. The van der Waals surface area contributed by atoms with E-state index >= 15 is 0 Å². The Morgan fingerprint density at radius 1 is 1.35 bits per heavy atom. The van der Waals surface area contributed by atoms with Gasteiger partial charge in [-0.2, -0.15) is 0 Å². The monoisotopic (exact) mass is 236 g/mol. The van der Waals surface area contributed by atoms with E-state index in [-0.39, 0.29) is 11.6 Å². The minimum absolute atomic E-state index is 0.00380. The number of aromatic nitrogens is 1. The van der Waals surface area contributed by atoms with Crippen molar-refractivity contribution in [1.82, 2.24) is 10.3 Å². The van der Waals surface area contributed by atoms with Gasteiger partial charge in [-0.3, -0.25) is 4.79 Å². The van der Waals surface area contributed by atoms with Crippen LogP contribution in [-0.2, 0) is 11.3 Å². The number of amides is 1. The second-order valence-corrected chi connectivity index (χ2v) is 4.79. The molecule has 0 bridgehead atoms. The average molecular weight is 236 g/mol. The van der Waals surface area contributed by atoms with Gasteiger partial charge >= 0.3 is 5.97 Å². The van der Waals surface area contributed by atoms with E-state index in [1.165, 1.54) is 12.3 Å². The van der Waals surface area contributed by atoms with Crippen LogP contribution in [0.4, 0.5) is 0 Å². The molecule has 17 heavy (non-hydrogen) atoms. The van der Waals surface area contributed by atoms with Crippen molar-refractivity contribution in [2.75, 3.05) is 0 Å². The lowest BCUT2D eigenvalue weighted by atomic mass is 9.96. The molecule has 0 spiro atoms. The van der Waals surface area contributed by atoms with Crippen LogP contribution < -0.4 is 5.32 Å². The Labute approximate surface area is 99.9 Å². The lowest BCUT2D eigenvalue weighted by Gasteiger charge is -2.17. The summed E-state index contributed by atoms with van der Waals surface area (Å²) < 4.78 is 0. The molecule has 0 aliphatic heterocycles. The van der Waals surface area contributed by atoms with Crippen molar-refractivity contribution in [2.24, 2.45) is 5.41 Å². The molecule has 1 amide bonds. The highest BCUT2D eigenvalue weighted by Crippen LogP contribution is 2.12. The molecule has 0 saturated heterocycles. The molecule has 1 rings (SSSR count). The van der Waals surface area contributed by atoms with Gasteiger partial charge in [0.15, 0.2) is 0 Å². The van der Waals surface area contributed by atoms with Gasteiger partial charge in [0.25, 0.3) is 0 Å². The van der Waals surface area contributed by atoms with E-state index in [1.54, 1.807) is 6.07 Å². The SMILES string of the molecule is CC(C)(C)C(=O)NCc1ccc(C(=O)O)nc1. The molecule has 2 N–H and O–H groups in total. The third-order valence-electron chi connectivity index (χ3n) is 2.18. The molecule has 1 heterocycles. The summed E-state index contributed by atoms with van der Waals surface area (Å²) >= 11 is 0. The van der Waals surface area contributed by atoms with Crippen molar-refractivity contribution in [2.45, 2.75) is 27.3 Å². The molecule has 0 atom stereocenters. The van der Waals surface area contributed by atoms with Crippen molar-refractivity contribution in [1.29, 1.82) is 0 Å². The number of rotatable bonds is 3. The van der Waals surface area contributed by atoms with Gasteiger partial charge in [0.05, 0.1) is 0 Å². The van der Waals surface area contributed by atoms with Gasteiger partial charge in [0.2, 0.25) is 5.91 Å². The first kappa shape index (κ1) is 13.2. The number of nitrogens with one attached hydrogen (secondary N) is 1. The Bertz CT molecular complexity index is 418. The fourth-order valence-electron chi connectivity index (χ4n) is 1.10. The van der Waals surface area contributed by atoms with Gasteiger partial charge in [-0.25, -0.2) is 9.78 Å². The summed E-state index contributed by atoms with van der Waals surface area (Å²) in [5, 5.41) is 11.4. The number of carbonyl (C=O) groups is 2. The topological polar surface area (TPSA) is 79.3 Å². The Balaban J connectivity index is 2.59. The van der Waals surface area contributed by atoms with Gasteiger partial charge in [-0.15, -0.1) is 0 Å². The van der Waals surface area contributed by atoms with Crippen LogP contribution in [0.2, 0.25) is 0 Å². The third-order valence-corrected chi connectivity index (χ3v) is 2.18. The number of aromatic carboxylic acids is 1. The summed E-state index contributed by atoms with van der Waals surface area (Å²) in [5.74, 6) is -1.12. The predicted octanol–water partition coefficient (Wildman–Crippen LogP) is 1.44. The van der Waals surface area contributed by atoms with Gasteiger partial charge in [0, 0.05) is 18.2 Å². The third kappa shape index (κ3) is 3.86. The van der Waals surface area contributed by atoms with Crippen molar-refractivity contribution in [3.05, 3.63) is 29.6 Å². The second kappa shape index (κ2) is 4.95. The van der Waals surface area contributed by atoms with Crippen molar-refractivity contribution >= 4 is 11.9 Å². The van der Waals surface area contributed by atoms with Crippen LogP contribution >= 0.6 is 0 Å². The number of carbonyl (C=O) groups excluding carboxylic acids is 1.